The summed E-state index contributed by atoms with van der Waals surface area (Å²) in [5.41, 5.74) is 2.58. The number of aryl methyl sites for hydroxylation is 1. The van der Waals surface area contributed by atoms with Gasteiger partial charge in [-0.2, -0.15) is 5.10 Å². The molecule has 0 N–H and O–H groups in total. The Kier molecular flexibility index (Phi) is 4.02. The highest BCUT2D eigenvalue weighted by molar-refractivity contribution is 5.79. The predicted molar refractivity (Wildman–Crippen MR) is 77.0 cm³/mol. The average molecular weight is 245 g/mol. The quantitative estimate of drug-likeness (QED) is 0.769. The molecule has 1 unspecified atom stereocenters. The summed E-state index contributed by atoms with van der Waals surface area (Å²) < 4.78 is 2.20. The maximum absolute atomic E-state index is 4.54. The molecule has 18 heavy (non-hydrogen) atoms. The summed E-state index contributed by atoms with van der Waals surface area (Å²) in [7, 11) is 2.18. The molecule has 2 aromatic rings. The van der Waals surface area contributed by atoms with Crippen molar-refractivity contribution in [2.24, 2.45) is 0 Å². The van der Waals surface area contributed by atoms with Gasteiger partial charge in [-0.1, -0.05) is 26.0 Å². The third-order valence-corrected chi connectivity index (χ3v) is 3.47. The van der Waals surface area contributed by atoms with E-state index in [2.05, 4.69) is 46.9 Å². The molecule has 2 heterocycles. The first-order valence-corrected chi connectivity index (χ1v) is 6.86. The normalized spacial score (nSPS) is 19.9. The number of likely N-dealkylation sites (tertiary alicyclic amines) is 1. The van der Waals surface area contributed by atoms with Crippen molar-refractivity contribution in [3.05, 3.63) is 30.0 Å². The van der Waals surface area contributed by atoms with Gasteiger partial charge >= 0.3 is 0 Å². The Morgan fingerprint density at radius 2 is 2.06 bits per heavy atom. The third-order valence-electron chi connectivity index (χ3n) is 3.47. The third kappa shape index (κ3) is 2.41. The highest BCUT2D eigenvalue weighted by Crippen LogP contribution is 2.25. The fraction of sp³-hybridized carbons (Fsp3) is 0.533. The van der Waals surface area contributed by atoms with Crippen LogP contribution in [0.1, 0.15) is 31.9 Å². The SMILES string of the molecule is CC.Cc1ccc2cnn(C3CCN(C)C3)c2c1. The van der Waals surface area contributed by atoms with Crippen LogP contribution in [0.15, 0.2) is 24.4 Å². The number of fused-ring (bicyclic) bond motifs is 1. The summed E-state index contributed by atoms with van der Waals surface area (Å²) in [6.45, 7) is 8.43. The van der Waals surface area contributed by atoms with E-state index in [9.17, 15) is 0 Å². The standard InChI is InChI=1S/C13H17N3.C2H6/c1-10-3-4-11-8-14-16(13(11)7-10)12-5-6-15(2)9-12;1-2/h3-4,7-8,12H,5-6,9H2,1-2H3;1-2H3. The largest absolute Gasteiger partial charge is 0.304 e. The van der Waals surface area contributed by atoms with Crippen LogP contribution in [-0.2, 0) is 0 Å². The van der Waals surface area contributed by atoms with Crippen LogP contribution >= 0.6 is 0 Å². The summed E-state index contributed by atoms with van der Waals surface area (Å²) in [5.74, 6) is 0. The van der Waals surface area contributed by atoms with Crippen LogP contribution in [0.2, 0.25) is 0 Å². The Morgan fingerprint density at radius 3 is 2.72 bits per heavy atom. The minimum Gasteiger partial charge on any atom is -0.304 e. The Balaban J connectivity index is 0.000000574. The average Bonchev–Trinajstić information content (AvgIpc) is 2.97. The molecule has 3 heteroatoms. The van der Waals surface area contributed by atoms with Crippen molar-refractivity contribution in [1.29, 1.82) is 0 Å². The predicted octanol–water partition coefficient (Wildman–Crippen LogP) is 3.25. The molecule has 1 atom stereocenters. The van der Waals surface area contributed by atoms with Crippen LogP contribution in [0.3, 0.4) is 0 Å². The molecule has 0 amide bonds. The van der Waals surface area contributed by atoms with Gasteiger partial charge in [0.05, 0.1) is 17.8 Å². The highest BCUT2D eigenvalue weighted by atomic mass is 15.3. The number of hydrogen-bond acceptors (Lipinski definition) is 2. The van der Waals surface area contributed by atoms with Crippen molar-refractivity contribution >= 4 is 10.9 Å². The van der Waals surface area contributed by atoms with Crippen molar-refractivity contribution in [3.8, 4) is 0 Å². The second-order valence-electron chi connectivity index (χ2n) is 4.86. The van der Waals surface area contributed by atoms with Gasteiger partial charge in [-0.15, -0.1) is 0 Å². The molecule has 1 fully saturated rings. The zero-order chi connectivity index (χ0) is 13.1. The molecule has 1 aromatic carbocycles. The van der Waals surface area contributed by atoms with E-state index in [1.165, 1.54) is 29.4 Å². The molecular weight excluding hydrogens is 222 g/mol. The van der Waals surface area contributed by atoms with Gasteiger partial charge in [0, 0.05) is 11.9 Å². The summed E-state index contributed by atoms with van der Waals surface area (Å²) >= 11 is 0. The molecule has 1 aliphatic rings. The molecule has 1 saturated heterocycles. The van der Waals surface area contributed by atoms with E-state index in [1.54, 1.807) is 0 Å². The first-order valence-electron chi connectivity index (χ1n) is 6.86. The van der Waals surface area contributed by atoms with Crippen LogP contribution < -0.4 is 0 Å². The van der Waals surface area contributed by atoms with Crippen LogP contribution in [-0.4, -0.2) is 34.8 Å². The number of benzene rings is 1. The molecule has 1 aromatic heterocycles. The fourth-order valence-corrected chi connectivity index (χ4v) is 2.55. The molecular formula is C15H23N3. The molecule has 0 spiro atoms. The number of likely N-dealkylation sites (N-methyl/N-ethyl adjacent to an activating group) is 1. The van der Waals surface area contributed by atoms with E-state index in [0.717, 1.165) is 6.54 Å². The van der Waals surface area contributed by atoms with E-state index < -0.39 is 0 Å². The highest BCUT2D eigenvalue weighted by Gasteiger charge is 2.22. The minimum absolute atomic E-state index is 0.546. The van der Waals surface area contributed by atoms with Gasteiger partial charge in [-0.25, -0.2) is 0 Å². The molecule has 0 saturated carbocycles. The Bertz CT molecular complexity index is 515. The Morgan fingerprint density at radius 1 is 1.28 bits per heavy atom. The van der Waals surface area contributed by atoms with Gasteiger partial charge in [0.25, 0.3) is 0 Å². The lowest BCUT2D eigenvalue weighted by Gasteiger charge is -2.12. The molecule has 3 nitrogen and oxygen atoms in total. The topological polar surface area (TPSA) is 21.1 Å². The van der Waals surface area contributed by atoms with Gasteiger partial charge in [0.1, 0.15) is 0 Å². The van der Waals surface area contributed by atoms with Crippen molar-refractivity contribution in [1.82, 2.24) is 14.7 Å². The summed E-state index contributed by atoms with van der Waals surface area (Å²) in [4.78, 5) is 2.37. The molecule has 1 aliphatic heterocycles. The fourth-order valence-electron chi connectivity index (χ4n) is 2.55. The second kappa shape index (κ2) is 5.53. The van der Waals surface area contributed by atoms with Gasteiger partial charge < -0.3 is 4.90 Å². The van der Waals surface area contributed by atoms with Crippen molar-refractivity contribution < 1.29 is 0 Å². The summed E-state index contributed by atoms with van der Waals surface area (Å²) in [6, 6.07) is 7.09. The molecule has 3 rings (SSSR count). The summed E-state index contributed by atoms with van der Waals surface area (Å²) in [6.07, 6.45) is 3.19. The van der Waals surface area contributed by atoms with Gasteiger partial charge in [0.15, 0.2) is 0 Å². The molecule has 98 valence electrons. The zero-order valence-corrected chi connectivity index (χ0v) is 11.8. The molecule has 0 aliphatic carbocycles. The zero-order valence-electron chi connectivity index (χ0n) is 11.8. The first-order chi connectivity index (χ1) is 8.74. The van der Waals surface area contributed by atoms with Crippen LogP contribution in [0.25, 0.3) is 10.9 Å². The number of hydrogen-bond donors (Lipinski definition) is 0. The minimum atomic E-state index is 0.546. The van der Waals surface area contributed by atoms with Crippen molar-refractivity contribution in [2.75, 3.05) is 20.1 Å². The van der Waals surface area contributed by atoms with Crippen molar-refractivity contribution in [3.63, 3.8) is 0 Å². The number of nitrogens with zero attached hydrogens (tertiary/aromatic N) is 3. The van der Waals surface area contributed by atoms with Crippen LogP contribution in [0.5, 0.6) is 0 Å². The van der Waals surface area contributed by atoms with Crippen LogP contribution in [0, 0.1) is 6.92 Å². The van der Waals surface area contributed by atoms with Crippen molar-refractivity contribution in [2.45, 2.75) is 33.2 Å². The molecule has 0 bridgehead atoms. The van der Waals surface area contributed by atoms with E-state index >= 15 is 0 Å². The second-order valence-corrected chi connectivity index (χ2v) is 4.86. The lowest BCUT2D eigenvalue weighted by Crippen LogP contribution is -2.17. The van der Waals surface area contributed by atoms with Gasteiger partial charge in [-0.05, 0) is 38.6 Å². The van der Waals surface area contributed by atoms with E-state index in [0.29, 0.717) is 6.04 Å². The number of aromatic nitrogens is 2. The monoisotopic (exact) mass is 245 g/mol. The van der Waals surface area contributed by atoms with Crippen LogP contribution in [0.4, 0.5) is 0 Å². The molecule has 0 radical (unpaired) electrons. The van der Waals surface area contributed by atoms with Gasteiger partial charge in [-0.3, -0.25) is 4.68 Å². The maximum Gasteiger partial charge on any atom is 0.0688 e. The smallest absolute Gasteiger partial charge is 0.0688 e. The number of rotatable bonds is 1. The van der Waals surface area contributed by atoms with E-state index in [4.69, 9.17) is 0 Å². The van der Waals surface area contributed by atoms with E-state index in [1.807, 2.05) is 20.0 Å². The Labute approximate surface area is 109 Å². The first kappa shape index (κ1) is 13.1. The van der Waals surface area contributed by atoms with Gasteiger partial charge in [0.2, 0.25) is 0 Å². The Hall–Kier alpha value is -1.35. The maximum atomic E-state index is 4.54. The lowest BCUT2D eigenvalue weighted by atomic mass is 10.2. The summed E-state index contributed by atoms with van der Waals surface area (Å²) in [5, 5.41) is 5.79. The van der Waals surface area contributed by atoms with E-state index in [-0.39, 0.29) is 0 Å². The lowest BCUT2D eigenvalue weighted by molar-refractivity contribution is 0.386.